The number of carbonyl (C=O) groups is 1. The zero-order chi connectivity index (χ0) is 22.2. The van der Waals surface area contributed by atoms with Gasteiger partial charge in [0, 0.05) is 31.7 Å². The van der Waals surface area contributed by atoms with Gasteiger partial charge < -0.3 is 19.7 Å². The van der Waals surface area contributed by atoms with Crippen molar-refractivity contribution in [2.45, 2.75) is 31.9 Å². The number of hydrogen-bond donors (Lipinski definition) is 1. The number of ether oxygens (including phenoxy) is 2. The predicted molar refractivity (Wildman–Crippen MR) is 125 cm³/mol. The highest BCUT2D eigenvalue weighted by molar-refractivity contribution is 5.76. The predicted octanol–water partition coefficient (Wildman–Crippen LogP) is 4.00. The summed E-state index contributed by atoms with van der Waals surface area (Å²) >= 11 is 0. The minimum absolute atomic E-state index is 0.0699. The molecule has 2 aromatic carbocycles. The van der Waals surface area contributed by atoms with E-state index in [1.165, 1.54) is 0 Å². The Hall–Kier alpha value is -3.54. The lowest BCUT2D eigenvalue weighted by Crippen LogP contribution is -2.37. The molecule has 1 amide bonds. The molecule has 0 radical (unpaired) electrons. The minimum Gasteiger partial charge on any atom is -0.493 e. The summed E-state index contributed by atoms with van der Waals surface area (Å²) in [5.74, 6) is 2.41. The van der Waals surface area contributed by atoms with Crippen LogP contribution in [-0.2, 0) is 17.8 Å². The maximum Gasteiger partial charge on any atom is 0.220 e. The molecule has 166 valence electrons. The van der Waals surface area contributed by atoms with Crippen molar-refractivity contribution in [1.29, 1.82) is 0 Å². The molecule has 1 aliphatic rings. The van der Waals surface area contributed by atoms with Crippen LogP contribution in [0.15, 0.2) is 72.9 Å². The maximum absolute atomic E-state index is 12.5. The van der Waals surface area contributed by atoms with Crippen LogP contribution in [0.1, 0.15) is 24.0 Å². The lowest BCUT2D eigenvalue weighted by atomic mass is 10.1. The van der Waals surface area contributed by atoms with E-state index < -0.39 is 0 Å². The molecule has 1 N–H and O–H groups in total. The van der Waals surface area contributed by atoms with Crippen LogP contribution < -0.4 is 19.7 Å². The number of pyridine rings is 1. The summed E-state index contributed by atoms with van der Waals surface area (Å²) in [4.78, 5) is 19.1. The Morgan fingerprint density at radius 3 is 2.69 bits per heavy atom. The van der Waals surface area contributed by atoms with Gasteiger partial charge in [0.1, 0.15) is 12.4 Å². The minimum atomic E-state index is 0.0699. The molecule has 1 atom stereocenters. The highest BCUT2D eigenvalue weighted by Gasteiger charge is 2.24. The van der Waals surface area contributed by atoms with E-state index in [0.717, 1.165) is 36.5 Å². The number of methoxy groups -OCH3 is 1. The Morgan fingerprint density at radius 1 is 1.06 bits per heavy atom. The third-order valence-corrected chi connectivity index (χ3v) is 5.63. The van der Waals surface area contributed by atoms with Gasteiger partial charge in [-0.25, -0.2) is 4.98 Å². The average molecular weight is 432 g/mol. The monoisotopic (exact) mass is 431 g/mol. The van der Waals surface area contributed by atoms with Crippen LogP contribution in [0, 0.1) is 0 Å². The first kappa shape index (κ1) is 21.7. The second-order valence-corrected chi connectivity index (χ2v) is 7.95. The van der Waals surface area contributed by atoms with Crippen LogP contribution in [0.4, 0.5) is 5.82 Å². The standard InChI is InChI=1S/C26H29N3O3/c1-31-23-12-10-20(17-24(23)32-19-21-7-3-2-4-8-21)11-13-26(30)28-22-14-16-29(18-22)25-9-5-6-15-27-25/h2-10,12,15,17,22H,11,13-14,16,18-19H2,1H3,(H,28,30). The van der Waals surface area contributed by atoms with E-state index in [2.05, 4.69) is 15.2 Å². The molecule has 32 heavy (non-hydrogen) atoms. The third-order valence-electron chi connectivity index (χ3n) is 5.63. The lowest BCUT2D eigenvalue weighted by molar-refractivity contribution is -0.121. The van der Waals surface area contributed by atoms with Gasteiger partial charge in [-0.15, -0.1) is 0 Å². The molecule has 0 spiro atoms. The fourth-order valence-corrected chi connectivity index (χ4v) is 3.91. The lowest BCUT2D eigenvalue weighted by Gasteiger charge is -2.17. The molecule has 4 rings (SSSR count). The van der Waals surface area contributed by atoms with Crippen molar-refractivity contribution in [3.63, 3.8) is 0 Å². The Morgan fingerprint density at radius 2 is 1.91 bits per heavy atom. The van der Waals surface area contributed by atoms with Gasteiger partial charge in [-0.05, 0) is 48.2 Å². The quantitative estimate of drug-likeness (QED) is 0.555. The number of rotatable bonds is 9. The Balaban J connectivity index is 1.28. The molecule has 2 heterocycles. The van der Waals surface area contributed by atoms with Gasteiger partial charge in [0.25, 0.3) is 0 Å². The topological polar surface area (TPSA) is 63.7 Å². The maximum atomic E-state index is 12.5. The summed E-state index contributed by atoms with van der Waals surface area (Å²) in [6, 6.07) is 21.9. The SMILES string of the molecule is COc1ccc(CCC(=O)NC2CCN(c3ccccn3)C2)cc1OCc1ccccc1. The van der Waals surface area contributed by atoms with Crippen molar-refractivity contribution in [2.75, 3.05) is 25.1 Å². The zero-order valence-electron chi connectivity index (χ0n) is 18.4. The number of aromatic nitrogens is 1. The molecule has 0 saturated carbocycles. The van der Waals surface area contributed by atoms with Gasteiger partial charge in [0.2, 0.25) is 5.91 Å². The van der Waals surface area contributed by atoms with E-state index in [0.29, 0.717) is 30.9 Å². The van der Waals surface area contributed by atoms with Crippen molar-refractivity contribution < 1.29 is 14.3 Å². The van der Waals surface area contributed by atoms with Crippen LogP contribution in [-0.4, -0.2) is 37.1 Å². The zero-order valence-corrected chi connectivity index (χ0v) is 18.4. The van der Waals surface area contributed by atoms with E-state index in [4.69, 9.17) is 9.47 Å². The Labute approximate surface area is 189 Å². The van der Waals surface area contributed by atoms with Crippen LogP contribution in [0.3, 0.4) is 0 Å². The van der Waals surface area contributed by atoms with Crippen molar-refractivity contribution in [2.24, 2.45) is 0 Å². The van der Waals surface area contributed by atoms with Crippen LogP contribution in [0.2, 0.25) is 0 Å². The molecule has 1 aliphatic heterocycles. The number of aryl methyl sites for hydroxylation is 1. The number of nitrogens with zero attached hydrogens (tertiary/aromatic N) is 2. The van der Waals surface area contributed by atoms with Gasteiger partial charge in [-0.3, -0.25) is 4.79 Å². The number of hydrogen-bond acceptors (Lipinski definition) is 5. The van der Waals surface area contributed by atoms with E-state index in [1.807, 2.05) is 66.7 Å². The van der Waals surface area contributed by atoms with Crippen LogP contribution >= 0.6 is 0 Å². The first-order valence-corrected chi connectivity index (χ1v) is 11.0. The summed E-state index contributed by atoms with van der Waals surface area (Å²) in [6.45, 7) is 2.17. The first-order chi connectivity index (χ1) is 15.7. The normalized spacial score (nSPS) is 15.4. The van der Waals surface area contributed by atoms with Crippen molar-refractivity contribution in [3.05, 3.63) is 84.1 Å². The molecule has 1 aromatic heterocycles. The number of benzene rings is 2. The van der Waals surface area contributed by atoms with Gasteiger partial charge >= 0.3 is 0 Å². The van der Waals surface area contributed by atoms with E-state index >= 15 is 0 Å². The second-order valence-electron chi connectivity index (χ2n) is 7.95. The Kier molecular flexibility index (Phi) is 7.23. The molecule has 1 fully saturated rings. The summed E-state index contributed by atoms with van der Waals surface area (Å²) in [7, 11) is 1.63. The Bertz CT molecular complexity index is 1010. The van der Waals surface area contributed by atoms with Crippen LogP contribution in [0.5, 0.6) is 11.5 Å². The molecule has 1 saturated heterocycles. The van der Waals surface area contributed by atoms with Crippen molar-refractivity contribution in [1.82, 2.24) is 10.3 Å². The molecular formula is C26H29N3O3. The smallest absolute Gasteiger partial charge is 0.220 e. The van der Waals surface area contributed by atoms with Crippen molar-refractivity contribution in [3.8, 4) is 11.5 Å². The second kappa shape index (κ2) is 10.7. The van der Waals surface area contributed by atoms with Gasteiger partial charge in [-0.1, -0.05) is 42.5 Å². The van der Waals surface area contributed by atoms with E-state index in [1.54, 1.807) is 13.3 Å². The van der Waals surface area contributed by atoms with Crippen molar-refractivity contribution >= 4 is 11.7 Å². The molecule has 6 nitrogen and oxygen atoms in total. The number of nitrogens with one attached hydrogen (secondary N) is 1. The number of carbonyl (C=O) groups excluding carboxylic acids is 1. The molecule has 1 unspecified atom stereocenters. The average Bonchev–Trinajstić information content (AvgIpc) is 3.31. The molecule has 0 aliphatic carbocycles. The number of anilines is 1. The third kappa shape index (κ3) is 5.78. The summed E-state index contributed by atoms with van der Waals surface area (Å²) in [5, 5.41) is 3.17. The summed E-state index contributed by atoms with van der Waals surface area (Å²) in [5.41, 5.74) is 2.14. The van der Waals surface area contributed by atoms with Gasteiger partial charge in [-0.2, -0.15) is 0 Å². The summed E-state index contributed by atoms with van der Waals surface area (Å²) in [6.07, 6.45) is 3.81. The van der Waals surface area contributed by atoms with Gasteiger partial charge in [0.05, 0.1) is 7.11 Å². The van der Waals surface area contributed by atoms with Gasteiger partial charge in [0.15, 0.2) is 11.5 Å². The molecule has 0 bridgehead atoms. The fraction of sp³-hybridized carbons (Fsp3) is 0.308. The number of amides is 1. The largest absolute Gasteiger partial charge is 0.493 e. The molecular weight excluding hydrogens is 402 g/mol. The highest BCUT2D eigenvalue weighted by atomic mass is 16.5. The fourth-order valence-electron chi connectivity index (χ4n) is 3.91. The molecule has 3 aromatic rings. The molecule has 6 heteroatoms. The highest BCUT2D eigenvalue weighted by Crippen LogP contribution is 2.29. The first-order valence-electron chi connectivity index (χ1n) is 11.0. The summed E-state index contributed by atoms with van der Waals surface area (Å²) < 4.78 is 11.4. The van der Waals surface area contributed by atoms with E-state index in [9.17, 15) is 4.79 Å². The van der Waals surface area contributed by atoms with Crippen LogP contribution in [0.25, 0.3) is 0 Å². The van der Waals surface area contributed by atoms with E-state index in [-0.39, 0.29) is 11.9 Å².